The fraction of sp³-hybridized carbons (Fsp3) is 0. The average Bonchev–Trinajstić information content (AvgIpc) is 2.76. The number of ether oxygens (including phenoxy) is 1. The lowest BCUT2D eigenvalue weighted by molar-refractivity contribution is 0.102. The third kappa shape index (κ3) is 4.46. The Hall–Kier alpha value is -4.53. The van der Waals surface area contributed by atoms with Crippen molar-refractivity contribution >= 4 is 17.4 Å². The van der Waals surface area contributed by atoms with Crippen LogP contribution in [0.3, 0.4) is 0 Å². The van der Waals surface area contributed by atoms with E-state index in [1.807, 2.05) is 0 Å². The molecule has 3 N–H and O–H groups in total. The Morgan fingerprint density at radius 1 is 1.03 bits per heavy atom. The summed E-state index contributed by atoms with van der Waals surface area (Å²) in [4.78, 5) is 29.2. The summed E-state index contributed by atoms with van der Waals surface area (Å²) in [6, 6.07) is 14.9. The third-order valence-electron chi connectivity index (χ3n) is 4.47. The van der Waals surface area contributed by atoms with E-state index in [1.54, 1.807) is 0 Å². The zero-order chi connectivity index (χ0) is 22.7. The van der Waals surface area contributed by atoms with Gasteiger partial charge in [0.2, 0.25) is 0 Å². The molecular weight excluding hydrogens is 418 g/mol. The highest BCUT2D eigenvalue weighted by atomic mass is 19.1. The van der Waals surface area contributed by atoms with E-state index >= 15 is 0 Å². The molecule has 2 heterocycles. The van der Waals surface area contributed by atoms with Gasteiger partial charge in [0, 0.05) is 35.9 Å². The van der Waals surface area contributed by atoms with E-state index in [2.05, 4.69) is 10.3 Å². The van der Waals surface area contributed by atoms with Gasteiger partial charge in [-0.2, -0.15) is 0 Å². The van der Waals surface area contributed by atoms with Crippen LogP contribution < -0.4 is 21.3 Å². The maximum atomic E-state index is 14.5. The third-order valence-corrected chi connectivity index (χ3v) is 4.47. The second kappa shape index (κ2) is 8.68. The number of nitrogens with two attached hydrogens (primary N) is 1. The van der Waals surface area contributed by atoms with Crippen LogP contribution in [0.25, 0.3) is 5.69 Å². The van der Waals surface area contributed by atoms with Gasteiger partial charge in [0.1, 0.15) is 22.9 Å². The largest absolute Gasteiger partial charge is 0.454 e. The van der Waals surface area contributed by atoms with Gasteiger partial charge in [-0.05, 0) is 54.6 Å². The number of rotatable bonds is 5. The number of halogens is 2. The van der Waals surface area contributed by atoms with Crippen molar-refractivity contribution in [3.05, 3.63) is 107 Å². The summed E-state index contributed by atoms with van der Waals surface area (Å²) in [6.45, 7) is 0. The standard InChI is InChI=1S/C23H16F2N4O3/c24-14-3-6-16(7-4-14)29-11-1-2-18(23(29)31)22(30)28-15-5-8-20(19(25)12-15)32-17-9-10-27-21(26)13-17/h1-13H,(H2,26,27)(H,28,30). The molecule has 4 aromatic rings. The maximum absolute atomic E-state index is 14.5. The summed E-state index contributed by atoms with van der Waals surface area (Å²) in [5.74, 6) is -1.44. The van der Waals surface area contributed by atoms with Crippen molar-refractivity contribution in [3.8, 4) is 17.2 Å². The van der Waals surface area contributed by atoms with Crippen LogP contribution in [-0.4, -0.2) is 15.5 Å². The van der Waals surface area contributed by atoms with Gasteiger partial charge in [0.05, 0.1) is 0 Å². The summed E-state index contributed by atoms with van der Waals surface area (Å²) in [6.07, 6.45) is 2.89. The molecule has 2 aromatic heterocycles. The van der Waals surface area contributed by atoms with Crippen molar-refractivity contribution in [3.63, 3.8) is 0 Å². The van der Waals surface area contributed by atoms with Gasteiger partial charge in [-0.15, -0.1) is 0 Å². The van der Waals surface area contributed by atoms with E-state index in [0.29, 0.717) is 11.4 Å². The molecule has 0 aliphatic heterocycles. The van der Waals surface area contributed by atoms with Crippen LogP contribution in [0.5, 0.6) is 11.5 Å². The highest BCUT2D eigenvalue weighted by Crippen LogP contribution is 2.27. The van der Waals surface area contributed by atoms with Crippen molar-refractivity contribution < 1.29 is 18.3 Å². The molecule has 160 valence electrons. The van der Waals surface area contributed by atoms with Crippen LogP contribution in [0.15, 0.2) is 83.9 Å². The number of anilines is 2. The molecule has 0 fully saturated rings. The van der Waals surface area contributed by atoms with Gasteiger partial charge in [-0.3, -0.25) is 14.2 Å². The molecular formula is C23H16F2N4O3. The lowest BCUT2D eigenvalue weighted by Crippen LogP contribution is -2.27. The molecule has 32 heavy (non-hydrogen) atoms. The summed E-state index contributed by atoms with van der Waals surface area (Å²) in [7, 11) is 0. The van der Waals surface area contributed by atoms with E-state index in [1.165, 1.54) is 77.6 Å². The van der Waals surface area contributed by atoms with E-state index in [9.17, 15) is 18.4 Å². The maximum Gasteiger partial charge on any atom is 0.267 e. The molecule has 9 heteroatoms. The molecule has 4 rings (SSSR count). The smallest absolute Gasteiger partial charge is 0.267 e. The molecule has 2 aromatic carbocycles. The van der Waals surface area contributed by atoms with Crippen LogP contribution in [-0.2, 0) is 0 Å². The molecule has 0 aliphatic carbocycles. The van der Waals surface area contributed by atoms with Crippen LogP contribution in [0, 0.1) is 11.6 Å². The number of pyridine rings is 2. The number of nitrogens with one attached hydrogen (secondary N) is 1. The SMILES string of the molecule is Nc1cc(Oc2ccc(NC(=O)c3cccn(-c4ccc(F)cc4)c3=O)cc2F)ccn1. The predicted molar refractivity (Wildman–Crippen MR) is 115 cm³/mol. The fourth-order valence-electron chi connectivity index (χ4n) is 2.95. The number of nitrogen functional groups attached to an aromatic ring is 1. The van der Waals surface area contributed by atoms with E-state index in [4.69, 9.17) is 10.5 Å². The number of carbonyl (C=O) groups is 1. The van der Waals surface area contributed by atoms with Crippen LogP contribution in [0.4, 0.5) is 20.3 Å². The van der Waals surface area contributed by atoms with Crippen LogP contribution in [0.2, 0.25) is 0 Å². The minimum absolute atomic E-state index is 0.0769. The van der Waals surface area contributed by atoms with E-state index in [-0.39, 0.29) is 22.8 Å². The summed E-state index contributed by atoms with van der Waals surface area (Å²) < 4.78 is 34.3. The predicted octanol–water partition coefficient (Wildman–Crippen LogP) is 4.14. The lowest BCUT2D eigenvalue weighted by Gasteiger charge is -2.11. The van der Waals surface area contributed by atoms with E-state index < -0.39 is 23.1 Å². The Bertz CT molecular complexity index is 1350. The van der Waals surface area contributed by atoms with Crippen LogP contribution in [0.1, 0.15) is 10.4 Å². The Morgan fingerprint density at radius 3 is 2.53 bits per heavy atom. The second-order valence-electron chi connectivity index (χ2n) is 6.69. The molecule has 0 spiro atoms. The number of hydrogen-bond donors (Lipinski definition) is 2. The van der Waals surface area contributed by atoms with Gasteiger partial charge >= 0.3 is 0 Å². The molecule has 0 radical (unpaired) electrons. The van der Waals surface area contributed by atoms with Gasteiger partial charge < -0.3 is 15.8 Å². The zero-order valence-electron chi connectivity index (χ0n) is 16.5. The minimum atomic E-state index is -0.727. The highest BCUT2D eigenvalue weighted by Gasteiger charge is 2.15. The Balaban J connectivity index is 1.54. The molecule has 0 atom stereocenters. The van der Waals surface area contributed by atoms with Gasteiger partial charge in [0.25, 0.3) is 11.5 Å². The lowest BCUT2D eigenvalue weighted by atomic mass is 10.2. The highest BCUT2D eigenvalue weighted by molar-refractivity contribution is 6.04. The second-order valence-corrected chi connectivity index (χ2v) is 6.69. The molecule has 7 nitrogen and oxygen atoms in total. The number of nitrogens with zero attached hydrogens (tertiary/aromatic N) is 2. The van der Waals surface area contributed by atoms with Gasteiger partial charge in [0.15, 0.2) is 11.6 Å². The molecule has 0 saturated heterocycles. The zero-order valence-corrected chi connectivity index (χ0v) is 16.5. The number of hydrogen-bond acceptors (Lipinski definition) is 5. The van der Waals surface area contributed by atoms with Crippen molar-refractivity contribution in [2.75, 3.05) is 11.1 Å². The molecule has 0 bridgehead atoms. The van der Waals surface area contributed by atoms with E-state index in [0.717, 1.165) is 6.07 Å². The minimum Gasteiger partial charge on any atom is -0.454 e. The molecule has 0 unspecified atom stereocenters. The molecule has 1 amide bonds. The van der Waals surface area contributed by atoms with Crippen LogP contribution >= 0.6 is 0 Å². The van der Waals surface area contributed by atoms with Gasteiger partial charge in [-0.25, -0.2) is 13.8 Å². The summed E-state index contributed by atoms with van der Waals surface area (Å²) >= 11 is 0. The number of carbonyl (C=O) groups excluding carboxylic acids is 1. The van der Waals surface area contributed by atoms with Crippen molar-refractivity contribution in [1.29, 1.82) is 0 Å². The molecule has 0 aliphatic rings. The summed E-state index contributed by atoms with van der Waals surface area (Å²) in [5, 5.41) is 2.49. The van der Waals surface area contributed by atoms with Crippen molar-refractivity contribution in [2.45, 2.75) is 0 Å². The topological polar surface area (TPSA) is 99.2 Å². The Kier molecular flexibility index (Phi) is 5.63. The fourth-order valence-corrected chi connectivity index (χ4v) is 2.95. The number of amides is 1. The first-order valence-corrected chi connectivity index (χ1v) is 9.38. The van der Waals surface area contributed by atoms with Gasteiger partial charge in [-0.1, -0.05) is 0 Å². The Morgan fingerprint density at radius 2 is 1.81 bits per heavy atom. The molecule has 0 saturated carbocycles. The average molecular weight is 434 g/mol. The monoisotopic (exact) mass is 434 g/mol. The Labute approximate surface area is 180 Å². The summed E-state index contributed by atoms with van der Waals surface area (Å²) in [5.41, 5.74) is 5.34. The first kappa shape index (κ1) is 20.7. The van der Waals surface area contributed by atoms with Crippen molar-refractivity contribution in [1.82, 2.24) is 9.55 Å². The number of aromatic nitrogens is 2. The quantitative estimate of drug-likeness (QED) is 0.492. The normalized spacial score (nSPS) is 10.6. The number of benzene rings is 2. The van der Waals surface area contributed by atoms with Crippen molar-refractivity contribution in [2.24, 2.45) is 0 Å². The first-order chi connectivity index (χ1) is 15.4. The first-order valence-electron chi connectivity index (χ1n) is 9.38.